The van der Waals surface area contributed by atoms with Crippen LogP contribution in [0.1, 0.15) is 58.8 Å². The minimum atomic E-state index is -0.293. The first kappa shape index (κ1) is 16.7. The van der Waals surface area contributed by atoms with E-state index in [-0.39, 0.29) is 5.97 Å². The maximum atomic E-state index is 10.4. The molecule has 0 spiro atoms. The van der Waals surface area contributed by atoms with Gasteiger partial charge in [-0.2, -0.15) is 0 Å². The van der Waals surface area contributed by atoms with Crippen molar-refractivity contribution in [3.8, 4) is 0 Å². The van der Waals surface area contributed by atoms with E-state index >= 15 is 0 Å². The lowest BCUT2D eigenvalue weighted by atomic mass is 10.1. The van der Waals surface area contributed by atoms with Gasteiger partial charge in [0, 0.05) is 6.92 Å². The molecule has 0 atom stereocenters. The largest absolute Gasteiger partial charge is 0.435 e. The summed E-state index contributed by atoms with van der Waals surface area (Å²) in [5, 5.41) is 0. The van der Waals surface area contributed by atoms with Crippen molar-refractivity contribution >= 4 is 5.97 Å². The molecule has 0 bridgehead atoms. The molecule has 0 radical (unpaired) electrons. The second-order valence-electron chi connectivity index (χ2n) is 4.31. The number of unbranched alkanes of at least 4 members (excludes halogenated alkanes) is 6. The van der Waals surface area contributed by atoms with Gasteiger partial charge in [-0.05, 0) is 18.9 Å². The average molecular weight is 250 g/mol. The Kier molecular flexibility index (Phi) is 12.8. The van der Waals surface area contributed by atoms with Crippen molar-refractivity contribution in [2.24, 2.45) is 0 Å². The van der Waals surface area contributed by atoms with Gasteiger partial charge in [-0.15, -0.1) is 0 Å². The van der Waals surface area contributed by atoms with Gasteiger partial charge in [-0.3, -0.25) is 4.79 Å². The zero-order valence-electron chi connectivity index (χ0n) is 11.7. The molecule has 0 saturated carbocycles. The first-order valence-electron chi connectivity index (χ1n) is 6.93. The normalized spacial score (nSPS) is 11.9. The molecule has 0 aliphatic rings. The van der Waals surface area contributed by atoms with Crippen molar-refractivity contribution in [3.63, 3.8) is 0 Å². The van der Waals surface area contributed by atoms with E-state index in [0.717, 1.165) is 6.42 Å². The van der Waals surface area contributed by atoms with Crippen molar-refractivity contribution in [1.82, 2.24) is 0 Å². The van der Waals surface area contributed by atoms with Crippen LogP contribution >= 0.6 is 0 Å². The fraction of sp³-hybridized carbons (Fsp3) is 0.562. The Morgan fingerprint density at radius 2 is 1.61 bits per heavy atom. The molecule has 2 heteroatoms. The van der Waals surface area contributed by atoms with Gasteiger partial charge in [0.25, 0.3) is 0 Å². The van der Waals surface area contributed by atoms with Gasteiger partial charge in [0.1, 0.15) is 0 Å². The van der Waals surface area contributed by atoms with E-state index < -0.39 is 0 Å². The third kappa shape index (κ3) is 14.7. The highest BCUT2D eigenvalue weighted by molar-refractivity contribution is 5.66. The fourth-order valence-electron chi connectivity index (χ4n) is 1.53. The molecule has 0 aliphatic carbocycles. The standard InChI is InChI=1S/C16H26O2/c1-3-4-5-6-7-8-9-10-11-12-13-14-15-18-16(2)17/h10-15H,3-9H2,1-2H3/b11-10?,13-12+,15-14-. The summed E-state index contributed by atoms with van der Waals surface area (Å²) in [6, 6.07) is 0. The first-order chi connectivity index (χ1) is 8.77. The van der Waals surface area contributed by atoms with E-state index in [4.69, 9.17) is 0 Å². The molecular weight excluding hydrogens is 224 g/mol. The Morgan fingerprint density at radius 1 is 0.944 bits per heavy atom. The van der Waals surface area contributed by atoms with Crippen LogP contribution in [0.2, 0.25) is 0 Å². The summed E-state index contributed by atoms with van der Waals surface area (Å²) < 4.78 is 4.64. The SMILES string of the molecule is CCCCCCCCC=C/C=C/C=C\OC(C)=O. The van der Waals surface area contributed by atoms with Crippen LogP contribution in [0.4, 0.5) is 0 Å². The smallest absolute Gasteiger partial charge is 0.307 e. The summed E-state index contributed by atoms with van der Waals surface area (Å²) in [5.74, 6) is -0.293. The lowest BCUT2D eigenvalue weighted by Crippen LogP contribution is -1.88. The molecule has 0 amide bonds. The summed E-state index contributed by atoms with van der Waals surface area (Å²) in [5.41, 5.74) is 0. The Labute approximate surface area is 111 Å². The molecule has 0 heterocycles. The Hall–Kier alpha value is -1.31. The van der Waals surface area contributed by atoms with E-state index in [1.54, 1.807) is 6.08 Å². The predicted octanol–water partition coefficient (Wildman–Crippen LogP) is 4.93. The zero-order chi connectivity index (χ0) is 13.5. The fourth-order valence-corrected chi connectivity index (χ4v) is 1.53. The van der Waals surface area contributed by atoms with Crippen molar-refractivity contribution in [2.45, 2.75) is 58.8 Å². The third-order valence-electron chi connectivity index (χ3n) is 2.51. The molecule has 0 aromatic rings. The van der Waals surface area contributed by atoms with Crippen LogP contribution in [0.15, 0.2) is 36.6 Å². The van der Waals surface area contributed by atoms with E-state index in [1.165, 1.54) is 51.7 Å². The van der Waals surface area contributed by atoms with Crippen LogP contribution in [-0.2, 0) is 9.53 Å². The highest BCUT2D eigenvalue weighted by atomic mass is 16.5. The number of hydrogen-bond donors (Lipinski definition) is 0. The van der Waals surface area contributed by atoms with Gasteiger partial charge in [-0.1, -0.05) is 63.3 Å². The van der Waals surface area contributed by atoms with Crippen LogP contribution in [0.3, 0.4) is 0 Å². The maximum Gasteiger partial charge on any atom is 0.307 e. The number of esters is 1. The van der Waals surface area contributed by atoms with Crippen LogP contribution in [0.25, 0.3) is 0 Å². The van der Waals surface area contributed by atoms with Gasteiger partial charge in [-0.25, -0.2) is 0 Å². The van der Waals surface area contributed by atoms with Crippen molar-refractivity contribution in [2.75, 3.05) is 0 Å². The minimum Gasteiger partial charge on any atom is -0.435 e. The van der Waals surface area contributed by atoms with Crippen molar-refractivity contribution in [3.05, 3.63) is 36.6 Å². The molecule has 102 valence electrons. The number of carbonyl (C=O) groups excluding carboxylic acids is 1. The predicted molar refractivity (Wildman–Crippen MR) is 77.2 cm³/mol. The van der Waals surface area contributed by atoms with Crippen LogP contribution < -0.4 is 0 Å². The first-order valence-corrected chi connectivity index (χ1v) is 6.93. The molecule has 0 aromatic carbocycles. The zero-order valence-corrected chi connectivity index (χ0v) is 11.7. The molecule has 0 fully saturated rings. The summed E-state index contributed by atoms with van der Waals surface area (Å²) in [4.78, 5) is 10.4. The highest BCUT2D eigenvalue weighted by Gasteiger charge is 1.87. The molecule has 0 aliphatic heterocycles. The quantitative estimate of drug-likeness (QED) is 0.238. The molecule has 18 heavy (non-hydrogen) atoms. The average Bonchev–Trinajstić information content (AvgIpc) is 2.34. The molecule has 2 nitrogen and oxygen atoms in total. The van der Waals surface area contributed by atoms with Gasteiger partial charge >= 0.3 is 5.97 Å². The second kappa shape index (κ2) is 13.8. The molecular formula is C16H26O2. The monoisotopic (exact) mass is 250 g/mol. The number of hydrogen-bond acceptors (Lipinski definition) is 2. The van der Waals surface area contributed by atoms with Crippen LogP contribution in [0.5, 0.6) is 0 Å². The molecule has 0 N–H and O–H groups in total. The van der Waals surface area contributed by atoms with Gasteiger partial charge in [0.15, 0.2) is 0 Å². The number of ether oxygens (including phenoxy) is 1. The van der Waals surface area contributed by atoms with Crippen molar-refractivity contribution < 1.29 is 9.53 Å². The molecule has 0 saturated heterocycles. The summed E-state index contributed by atoms with van der Waals surface area (Å²) in [6.07, 6.45) is 20.3. The van der Waals surface area contributed by atoms with E-state index in [1.807, 2.05) is 18.2 Å². The molecule has 0 aromatic heterocycles. The minimum absolute atomic E-state index is 0.293. The summed E-state index contributed by atoms with van der Waals surface area (Å²) >= 11 is 0. The van der Waals surface area contributed by atoms with Crippen LogP contribution in [-0.4, -0.2) is 5.97 Å². The summed E-state index contributed by atoms with van der Waals surface area (Å²) in [6.45, 7) is 3.62. The Morgan fingerprint density at radius 3 is 2.33 bits per heavy atom. The lowest BCUT2D eigenvalue weighted by Gasteiger charge is -1.97. The van der Waals surface area contributed by atoms with Gasteiger partial charge < -0.3 is 4.74 Å². The highest BCUT2D eigenvalue weighted by Crippen LogP contribution is 2.07. The van der Waals surface area contributed by atoms with Crippen LogP contribution in [0, 0.1) is 0 Å². The van der Waals surface area contributed by atoms with E-state index in [2.05, 4.69) is 17.7 Å². The van der Waals surface area contributed by atoms with Crippen molar-refractivity contribution in [1.29, 1.82) is 0 Å². The van der Waals surface area contributed by atoms with Gasteiger partial charge in [0.05, 0.1) is 6.26 Å². The molecule has 0 rings (SSSR count). The maximum absolute atomic E-state index is 10.4. The third-order valence-corrected chi connectivity index (χ3v) is 2.51. The number of rotatable bonds is 10. The topological polar surface area (TPSA) is 26.3 Å². The summed E-state index contributed by atoms with van der Waals surface area (Å²) in [7, 11) is 0. The lowest BCUT2D eigenvalue weighted by molar-refractivity contribution is -0.135. The Bertz CT molecular complexity index is 275. The van der Waals surface area contributed by atoms with E-state index in [9.17, 15) is 4.79 Å². The Balaban J connectivity index is 3.34. The molecule has 0 unspecified atom stereocenters. The number of allylic oxidation sites excluding steroid dienone is 5. The second-order valence-corrected chi connectivity index (χ2v) is 4.31. The van der Waals surface area contributed by atoms with E-state index in [0.29, 0.717) is 0 Å². The van der Waals surface area contributed by atoms with Gasteiger partial charge in [0.2, 0.25) is 0 Å². The number of carbonyl (C=O) groups is 1.